The summed E-state index contributed by atoms with van der Waals surface area (Å²) in [4.78, 5) is 20.9. The molecular formula is C9H5NO4Se. The topological polar surface area (TPSA) is 80.4 Å². The Morgan fingerprint density at radius 3 is 2.80 bits per heavy atom. The van der Waals surface area contributed by atoms with Gasteiger partial charge in [-0.1, -0.05) is 0 Å². The third-order valence-electron chi connectivity index (χ3n) is 1.95. The van der Waals surface area contributed by atoms with Crippen molar-refractivity contribution in [3.8, 4) is 0 Å². The van der Waals surface area contributed by atoms with Crippen LogP contribution in [0.1, 0.15) is 9.23 Å². The zero-order valence-electron chi connectivity index (χ0n) is 7.34. The summed E-state index contributed by atoms with van der Waals surface area (Å²) in [5, 5.41) is 19.9. The molecule has 1 aromatic heterocycles. The number of carboxylic acid groups (broad SMARTS) is 1. The Labute approximate surface area is 89.8 Å². The number of hydrogen-bond acceptors (Lipinski definition) is 3. The molecule has 0 aliphatic carbocycles. The first-order chi connectivity index (χ1) is 7.09. The number of benzene rings is 1. The van der Waals surface area contributed by atoms with Gasteiger partial charge in [0.25, 0.3) is 0 Å². The van der Waals surface area contributed by atoms with E-state index in [4.69, 9.17) is 5.11 Å². The van der Waals surface area contributed by atoms with Crippen LogP contribution in [0.2, 0.25) is 0 Å². The molecular weight excluding hydrogens is 265 g/mol. The molecule has 0 amide bonds. The van der Waals surface area contributed by atoms with E-state index in [1.54, 1.807) is 12.1 Å². The van der Waals surface area contributed by atoms with E-state index < -0.39 is 10.9 Å². The summed E-state index contributed by atoms with van der Waals surface area (Å²) in [5.41, 5.74) is -0.0226. The molecule has 0 spiro atoms. The second kappa shape index (κ2) is 3.49. The van der Waals surface area contributed by atoms with E-state index in [-0.39, 0.29) is 24.6 Å². The third-order valence-corrected chi connectivity index (χ3v) is 4.23. The predicted molar refractivity (Wildman–Crippen MR) is 54.5 cm³/mol. The Kier molecular flexibility index (Phi) is 2.30. The van der Waals surface area contributed by atoms with Crippen LogP contribution in [0, 0.1) is 10.1 Å². The molecule has 0 unspecified atom stereocenters. The fourth-order valence-electron chi connectivity index (χ4n) is 1.31. The molecule has 0 fully saturated rings. The molecule has 0 bridgehead atoms. The van der Waals surface area contributed by atoms with Gasteiger partial charge in [-0.05, 0) is 0 Å². The predicted octanol–water partition coefficient (Wildman–Crippen LogP) is 1.50. The van der Waals surface area contributed by atoms with Gasteiger partial charge in [0, 0.05) is 0 Å². The molecule has 0 radical (unpaired) electrons. The minimum atomic E-state index is -1.000. The van der Waals surface area contributed by atoms with E-state index >= 15 is 0 Å². The van der Waals surface area contributed by atoms with Crippen LogP contribution in [0.5, 0.6) is 0 Å². The molecule has 0 saturated heterocycles. The average molecular weight is 270 g/mol. The number of rotatable bonds is 2. The number of hydrogen-bond donors (Lipinski definition) is 1. The first kappa shape index (κ1) is 9.89. The number of carbonyl (C=O) groups is 1. The summed E-state index contributed by atoms with van der Waals surface area (Å²) in [6.07, 6.45) is 0. The van der Waals surface area contributed by atoms with Crippen molar-refractivity contribution >= 4 is 35.8 Å². The van der Waals surface area contributed by atoms with E-state index in [1.807, 2.05) is 0 Å². The molecule has 0 atom stereocenters. The van der Waals surface area contributed by atoms with Gasteiger partial charge in [-0.3, -0.25) is 0 Å². The van der Waals surface area contributed by atoms with Crippen LogP contribution in [0.25, 0.3) is 9.65 Å². The average Bonchev–Trinajstić information content (AvgIpc) is 2.60. The number of aromatic carboxylic acids is 1. The maximum atomic E-state index is 10.7. The summed E-state index contributed by atoms with van der Waals surface area (Å²) >= 11 is -0.326. The molecule has 0 aliphatic heterocycles. The fraction of sp³-hybridized carbons (Fsp3) is 0. The standard InChI is InChI=1S/C9H5NO4Se/c11-9(12)8-4-5-6(10(13)14)2-1-3-7(5)15-8/h1-4H,(H,11,12). The number of nitro benzene ring substituents is 1. The van der Waals surface area contributed by atoms with Crippen molar-refractivity contribution < 1.29 is 14.8 Å². The third kappa shape index (κ3) is 1.65. The minimum absolute atomic E-state index is 0.0226. The van der Waals surface area contributed by atoms with Crippen LogP contribution < -0.4 is 0 Å². The molecule has 0 saturated carbocycles. The van der Waals surface area contributed by atoms with Crippen molar-refractivity contribution in [1.29, 1.82) is 0 Å². The van der Waals surface area contributed by atoms with E-state index in [2.05, 4.69) is 0 Å². The van der Waals surface area contributed by atoms with Crippen molar-refractivity contribution in [3.63, 3.8) is 0 Å². The van der Waals surface area contributed by atoms with E-state index in [1.165, 1.54) is 12.1 Å². The molecule has 1 heterocycles. The number of nitrogens with zero attached hydrogens (tertiary/aromatic N) is 1. The molecule has 5 nitrogen and oxygen atoms in total. The van der Waals surface area contributed by atoms with Gasteiger partial charge in [0.15, 0.2) is 0 Å². The SMILES string of the molecule is O=C(O)c1cc2c([N+](=O)[O-])cccc2[se]1. The van der Waals surface area contributed by atoms with E-state index in [9.17, 15) is 14.9 Å². The normalized spacial score (nSPS) is 10.4. The van der Waals surface area contributed by atoms with Crippen LogP contribution in [0.15, 0.2) is 24.3 Å². The van der Waals surface area contributed by atoms with Gasteiger partial charge in [-0.15, -0.1) is 0 Å². The molecule has 2 rings (SSSR count). The summed E-state index contributed by atoms with van der Waals surface area (Å²) in [6.45, 7) is 0. The van der Waals surface area contributed by atoms with Gasteiger partial charge in [-0.2, -0.15) is 0 Å². The number of non-ortho nitro benzene ring substituents is 1. The second-order valence-corrected chi connectivity index (χ2v) is 5.14. The fourth-order valence-corrected chi connectivity index (χ4v) is 3.24. The molecule has 6 heteroatoms. The van der Waals surface area contributed by atoms with Crippen molar-refractivity contribution in [2.45, 2.75) is 0 Å². The van der Waals surface area contributed by atoms with Crippen LogP contribution in [-0.4, -0.2) is 30.5 Å². The van der Waals surface area contributed by atoms with Gasteiger partial charge in [-0.25, -0.2) is 0 Å². The molecule has 15 heavy (non-hydrogen) atoms. The first-order valence-corrected chi connectivity index (χ1v) is 5.71. The van der Waals surface area contributed by atoms with Gasteiger partial charge in [0.1, 0.15) is 0 Å². The van der Waals surface area contributed by atoms with Gasteiger partial charge in [0.05, 0.1) is 0 Å². The molecule has 1 aromatic carbocycles. The van der Waals surface area contributed by atoms with Gasteiger partial charge in [0.2, 0.25) is 0 Å². The van der Waals surface area contributed by atoms with Crippen molar-refractivity contribution in [1.82, 2.24) is 0 Å². The van der Waals surface area contributed by atoms with Gasteiger partial charge < -0.3 is 0 Å². The summed E-state index contributed by atoms with van der Waals surface area (Å²) in [5.74, 6) is -1.000. The first-order valence-electron chi connectivity index (χ1n) is 4.00. The Hall–Kier alpha value is -1.65. The quantitative estimate of drug-likeness (QED) is 0.509. The number of carboxylic acids is 1. The summed E-state index contributed by atoms with van der Waals surface area (Å²) < 4.78 is 1.01. The van der Waals surface area contributed by atoms with E-state index in [0.717, 1.165) is 4.26 Å². The zero-order valence-corrected chi connectivity index (χ0v) is 9.05. The van der Waals surface area contributed by atoms with Crippen LogP contribution in [-0.2, 0) is 0 Å². The van der Waals surface area contributed by atoms with Crippen molar-refractivity contribution in [2.24, 2.45) is 0 Å². The Morgan fingerprint density at radius 2 is 2.20 bits per heavy atom. The maximum absolute atomic E-state index is 10.7. The van der Waals surface area contributed by atoms with Crippen LogP contribution >= 0.6 is 0 Å². The Balaban J connectivity index is 2.75. The molecule has 76 valence electrons. The van der Waals surface area contributed by atoms with Crippen molar-refractivity contribution in [3.05, 3.63) is 38.8 Å². The van der Waals surface area contributed by atoms with Crippen LogP contribution in [0.3, 0.4) is 0 Å². The van der Waals surface area contributed by atoms with Crippen LogP contribution in [0.4, 0.5) is 5.69 Å². The molecule has 0 aliphatic rings. The second-order valence-electron chi connectivity index (χ2n) is 2.86. The number of nitro groups is 1. The number of fused-ring (bicyclic) bond motifs is 1. The Morgan fingerprint density at radius 1 is 1.47 bits per heavy atom. The zero-order chi connectivity index (χ0) is 11.0. The van der Waals surface area contributed by atoms with E-state index in [0.29, 0.717) is 5.39 Å². The van der Waals surface area contributed by atoms with Gasteiger partial charge >= 0.3 is 89.4 Å². The summed E-state index contributed by atoms with van der Waals surface area (Å²) in [7, 11) is 0. The Bertz CT molecular complexity index is 560. The molecule has 1 N–H and O–H groups in total. The molecule has 2 aromatic rings. The monoisotopic (exact) mass is 271 g/mol. The summed E-state index contributed by atoms with van der Waals surface area (Å²) in [6, 6.07) is 6.10. The van der Waals surface area contributed by atoms with Crippen molar-refractivity contribution in [2.75, 3.05) is 0 Å².